The van der Waals surface area contributed by atoms with Crippen molar-refractivity contribution in [3.05, 3.63) is 95.7 Å². The maximum Gasteiger partial charge on any atom is 0.331 e. The van der Waals surface area contributed by atoms with Crippen molar-refractivity contribution < 1.29 is 14.3 Å². The van der Waals surface area contributed by atoms with Crippen LogP contribution in [0.1, 0.15) is 28.4 Å². The monoisotopic (exact) mass is 460 g/mol. The molecule has 4 aromatic rings. The van der Waals surface area contributed by atoms with Gasteiger partial charge in [-0.15, -0.1) is 10.2 Å². The van der Waals surface area contributed by atoms with Gasteiger partial charge in [-0.3, -0.25) is 9.20 Å². The maximum absolute atomic E-state index is 12.9. The molecule has 1 amide bonds. The highest BCUT2D eigenvalue weighted by Crippen LogP contribution is 2.22. The van der Waals surface area contributed by atoms with Crippen LogP contribution in [0.15, 0.2) is 84.1 Å². The Hall–Kier alpha value is -3.65. The second-order valence-electron chi connectivity index (χ2n) is 7.84. The van der Waals surface area contributed by atoms with Crippen LogP contribution in [-0.2, 0) is 21.7 Å². The lowest BCUT2D eigenvalue weighted by Gasteiger charge is -2.28. The minimum Gasteiger partial charge on any atom is -0.467 e. The summed E-state index contributed by atoms with van der Waals surface area (Å²) in [6.07, 6.45) is 2.26. The fourth-order valence-electron chi connectivity index (χ4n) is 3.54. The lowest BCUT2D eigenvalue weighted by atomic mass is 9.92. The van der Waals surface area contributed by atoms with Crippen molar-refractivity contribution in [3.8, 4) is 0 Å². The van der Waals surface area contributed by atoms with Gasteiger partial charge in [0.1, 0.15) is 5.54 Å². The zero-order chi connectivity index (χ0) is 23.3. The Morgan fingerprint density at radius 2 is 1.70 bits per heavy atom. The molecule has 0 radical (unpaired) electrons. The first-order valence-electron chi connectivity index (χ1n) is 10.4. The lowest BCUT2D eigenvalue weighted by Crippen LogP contribution is -2.54. The quantitative estimate of drug-likeness (QED) is 0.317. The highest BCUT2D eigenvalue weighted by atomic mass is 32.2. The molecule has 1 unspecified atom stereocenters. The van der Waals surface area contributed by atoms with Gasteiger partial charge in [0, 0.05) is 23.9 Å². The average Bonchev–Trinajstić information content (AvgIpc) is 3.26. The van der Waals surface area contributed by atoms with Crippen LogP contribution in [0.4, 0.5) is 0 Å². The van der Waals surface area contributed by atoms with Crippen molar-refractivity contribution >= 4 is 29.3 Å². The van der Waals surface area contributed by atoms with Gasteiger partial charge in [-0.2, -0.15) is 0 Å². The number of pyridine rings is 1. The number of nitrogens with zero attached hydrogens (tertiary/aromatic N) is 3. The predicted octanol–water partition coefficient (Wildman–Crippen LogP) is 3.93. The van der Waals surface area contributed by atoms with Gasteiger partial charge in [-0.05, 0) is 42.3 Å². The van der Waals surface area contributed by atoms with E-state index in [0.29, 0.717) is 17.7 Å². The third-order valence-corrected chi connectivity index (χ3v) is 6.31. The highest BCUT2D eigenvalue weighted by Gasteiger charge is 2.36. The Morgan fingerprint density at radius 1 is 0.970 bits per heavy atom. The minimum absolute atomic E-state index is 0.327. The van der Waals surface area contributed by atoms with E-state index >= 15 is 0 Å². The van der Waals surface area contributed by atoms with Crippen molar-refractivity contribution in [1.82, 2.24) is 19.9 Å². The number of aromatic nitrogens is 3. The number of benzene rings is 2. The number of rotatable bonds is 8. The van der Waals surface area contributed by atoms with Crippen LogP contribution in [0.3, 0.4) is 0 Å². The maximum atomic E-state index is 12.9. The number of methoxy groups -OCH3 is 1. The third kappa shape index (κ3) is 5.23. The van der Waals surface area contributed by atoms with Crippen molar-refractivity contribution in [2.24, 2.45) is 0 Å². The number of fused-ring (bicyclic) bond motifs is 1. The Balaban J connectivity index is 1.42. The van der Waals surface area contributed by atoms with Crippen LogP contribution in [0.2, 0.25) is 0 Å². The second-order valence-corrected chi connectivity index (χ2v) is 8.78. The summed E-state index contributed by atoms with van der Waals surface area (Å²) in [4.78, 5) is 25.4. The molecule has 0 aliphatic rings. The largest absolute Gasteiger partial charge is 0.467 e. The Kier molecular flexibility index (Phi) is 6.74. The summed E-state index contributed by atoms with van der Waals surface area (Å²) in [5.41, 5.74) is 2.07. The van der Waals surface area contributed by atoms with E-state index in [0.717, 1.165) is 21.9 Å². The number of carbonyl (C=O) groups is 2. The summed E-state index contributed by atoms with van der Waals surface area (Å²) in [7, 11) is 1.32. The number of carbonyl (C=O) groups excluding carboxylic acids is 2. The molecule has 8 heteroatoms. The molecule has 2 heterocycles. The Morgan fingerprint density at radius 3 is 2.42 bits per heavy atom. The van der Waals surface area contributed by atoms with Gasteiger partial charge in [-0.25, -0.2) is 4.79 Å². The summed E-state index contributed by atoms with van der Waals surface area (Å²) in [6, 6.07) is 22.6. The first-order chi connectivity index (χ1) is 16.0. The topological polar surface area (TPSA) is 85.6 Å². The van der Waals surface area contributed by atoms with Gasteiger partial charge < -0.3 is 10.1 Å². The number of amides is 1. The molecule has 4 rings (SSSR count). The molecule has 0 spiro atoms. The molecule has 1 N–H and O–H groups in total. The summed E-state index contributed by atoms with van der Waals surface area (Å²) >= 11 is 1.57. The third-order valence-electron chi connectivity index (χ3n) is 5.29. The van der Waals surface area contributed by atoms with Crippen LogP contribution < -0.4 is 5.32 Å². The van der Waals surface area contributed by atoms with Gasteiger partial charge in [0.25, 0.3) is 5.91 Å². The molecule has 168 valence electrons. The van der Waals surface area contributed by atoms with Crippen molar-refractivity contribution in [3.63, 3.8) is 0 Å². The molecule has 2 aromatic heterocycles. The number of esters is 1. The fraction of sp³-hybridized carbons (Fsp3) is 0.200. The number of nitrogens with one attached hydrogen (secondary N) is 1. The van der Waals surface area contributed by atoms with E-state index in [9.17, 15) is 9.59 Å². The molecule has 0 aliphatic heterocycles. The van der Waals surface area contributed by atoms with E-state index in [1.54, 1.807) is 30.8 Å². The molecule has 2 aromatic carbocycles. The number of thioether (sulfide) groups is 1. The molecule has 0 saturated carbocycles. The van der Waals surface area contributed by atoms with Crippen molar-refractivity contribution in [2.45, 2.75) is 29.8 Å². The van der Waals surface area contributed by atoms with Crippen molar-refractivity contribution in [2.75, 3.05) is 7.11 Å². The average molecular weight is 461 g/mol. The van der Waals surface area contributed by atoms with Crippen LogP contribution in [0.25, 0.3) is 5.65 Å². The molecular formula is C25H24N4O3S. The molecule has 0 bridgehead atoms. The predicted molar refractivity (Wildman–Crippen MR) is 127 cm³/mol. The standard InChI is InChI=1S/C25H24N4O3S/c1-25(23(31)32-2,16-18-8-4-3-5-9-18)26-22(30)20-13-11-19(12-14-20)17-33-24-28-27-21-10-6-7-15-29(21)24/h3-15H,16-17H2,1-2H3,(H,26,30). The molecular weight excluding hydrogens is 436 g/mol. The summed E-state index contributed by atoms with van der Waals surface area (Å²) in [5, 5.41) is 12.0. The number of ether oxygens (including phenoxy) is 1. The minimum atomic E-state index is -1.18. The normalized spacial score (nSPS) is 12.8. The molecule has 0 saturated heterocycles. The van der Waals surface area contributed by atoms with E-state index in [1.807, 2.05) is 71.3 Å². The SMILES string of the molecule is COC(=O)C(C)(Cc1ccccc1)NC(=O)c1ccc(CSc2nnc3ccccn23)cc1. The zero-order valence-electron chi connectivity index (χ0n) is 18.4. The summed E-state index contributed by atoms with van der Waals surface area (Å²) < 4.78 is 6.91. The van der Waals surface area contributed by atoms with Crippen LogP contribution in [0, 0.1) is 0 Å². The van der Waals surface area contributed by atoms with Gasteiger partial charge in [0.2, 0.25) is 0 Å². The summed E-state index contributed by atoms with van der Waals surface area (Å²) in [6.45, 7) is 1.68. The smallest absolute Gasteiger partial charge is 0.331 e. The van der Waals surface area contributed by atoms with Crippen molar-refractivity contribution in [1.29, 1.82) is 0 Å². The van der Waals surface area contributed by atoms with E-state index in [-0.39, 0.29) is 5.91 Å². The summed E-state index contributed by atoms with van der Waals surface area (Å²) in [5.74, 6) is -0.138. The van der Waals surface area contributed by atoms with Gasteiger partial charge in [0.05, 0.1) is 7.11 Å². The van der Waals surface area contributed by atoms with Crippen LogP contribution in [0.5, 0.6) is 0 Å². The Labute approximate surface area is 196 Å². The highest BCUT2D eigenvalue weighted by molar-refractivity contribution is 7.98. The molecule has 7 nitrogen and oxygen atoms in total. The first kappa shape index (κ1) is 22.5. The van der Waals surface area contributed by atoms with Gasteiger partial charge in [-0.1, -0.05) is 60.3 Å². The first-order valence-corrected chi connectivity index (χ1v) is 11.4. The molecule has 33 heavy (non-hydrogen) atoms. The molecule has 0 aliphatic carbocycles. The van der Waals surface area contributed by atoms with Gasteiger partial charge >= 0.3 is 5.97 Å². The second kappa shape index (κ2) is 9.87. The van der Waals surface area contributed by atoms with Crippen LogP contribution >= 0.6 is 11.8 Å². The van der Waals surface area contributed by atoms with E-state index in [4.69, 9.17) is 4.74 Å². The number of hydrogen-bond donors (Lipinski definition) is 1. The van der Waals surface area contributed by atoms with Gasteiger partial charge in [0.15, 0.2) is 10.8 Å². The lowest BCUT2D eigenvalue weighted by molar-refractivity contribution is -0.147. The van der Waals surface area contributed by atoms with E-state index in [1.165, 1.54) is 7.11 Å². The zero-order valence-corrected chi connectivity index (χ0v) is 19.2. The number of hydrogen-bond acceptors (Lipinski definition) is 6. The molecule has 1 atom stereocenters. The Bertz CT molecular complexity index is 1260. The van der Waals surface area contributed by atoms with Crippen LogP contribution in [-0.4, -0.2) is 39.1 Å². The van der Waals surface area contributed by atoms with E-state index < -0.39 is 11.5 Å². The molecule has 0 fully saturated rings. The van der Waals surface area contributed by atoms with E-state index in [2.05, 4.69) is 15.5 Å². The fourth-order valence-corrected chi connectivity index (χ4v) is 4.42.